The first-order valence-electron chi connectivity index (χ1n) is 5.32. The zero-order valence-corrected chi connectivity index (χ0v) is 9.02. The van der Waals surface area contributed by atoms with Gasteiger partial charge in [-0.1, -0.05) is 6.92 Å². The van der Waals surface area contributed by atoms with E-state index in [9.17, 15) is 4.79 Å². The molecule has 5 heteroatoms. The number of hydrogen-bond donors (Lipinski definition) is 1. The molecule has 15 heavy (non-hydrogen) atoms. The fourth-order valence-corrected chi connectivity index (χ4v) is 1.46. The first-order chi connectivity index (χ1) is 7.24. The monoisotopic (exact) mass is 211 g/mol. The SMILES string of the molecule is CCCn1cnnc1CCCCC(=O)O. The molecule has 0 saturated heterocycles. The van der Waals surface area contributed by atoms with Crippen LogP contribution in [0.1, 0.15) is 38.4 Å². The van der Waals surface area contributed by atoms with Crippen LogP contribution in [0.5, 0.6) is 0 Å². The number of rotatable bonds is 7. The number of aromatic nitrogens is 3. The first-order valence-corrected chi connectivity index (χ1v) is 5.32. The summed E-state index contributed by atoms with van der Waals surface area (Å²) in [5, 5.41) is 16.3. The van der Waals surface area contributed by atoms with Gasteiger partial charge in [0.15, 0.2) is 0 Å². The molecule has 0 aromatic carbocycles. The predicted molar refractivity (Wildman–Crippen MR) is 55.5 cm³/mol. The molecule has 0 saturated carbocycles. The number of nitrogens with zero attached hydrogens (tertiary/aromatic N) is 3. The highest BCUT2D eigenvalue weighted by Crippen LogP contribution is 2.04. The van der Waals surface area contributed by atoms with Gasteiger partial charge in [0.25, 0.3) is 0 Å². The van der Waals surface area contributed by atoms with Gasteiger partial charge in [-0.05, 0) is 19.3 Å². The molecule has 0 unspecified atom stereocenters. The summed E-state index contributed by atoms with van der Waals surface area (Å²) in [5.74, 6) is 0.229. The fraction of sp³-hybridized carbons (Fsp3) is 0.700. The van der Waals surface area contributed by atoms with Crippen molar-refractivity contribution in [2.45, 2.75) is 45.6 Å². The van der Waals surface area contributed by atoms with Gasteiger partial charge in [0.05, 0.1) is 0 Å². The van der Waals surface area contributed by atoms with Crippen LogP contribution in [-0.2, 0) is 17.8 Å². The summed E-state index contributed by atoms with van der Waals surface area (Å²) in [4.78, 5) is 10.3. The summed E-state index contributed by atoms with van der Waals surface area (Å²) in [7, 11) is 0. The lowest BCUT2D eigenvalue weighted by Crippen LogP contribution is -2.03. The summed E-state index contributed by atoms with van der Waals surface area (Å²) in [5.41, 5.74) is 0. The van der Waals surface area contributed by atoms with Gasteiger partial charge in [-0.3, -0.25) is 4.79 Å². The molecule has 0 atom stereocenters. The van der Waals surface area contributed by atoms with Crippen molar-refractivity contribution >= 4 is 5.97 Å². The van der Waals surface area contributed by atoms with E-state index >= 15 is 0 Å². The maximum absolute atomic E-state index is 10.3. The summed E-state index contributed by atoms with van der Waals surface area (Å²) < 4.78 is 2.03. The van der Waals surface area contributed by atoms with E-state index in [1.165, 1.54) is 0 Å². The Morgan fingerprint density at radius 1 is 1.53 bits per heavy atom. The molecule has 0 aliphatic heterocycles. The Labute approximate surface area is 89.1 Å². The maximum Gasteiger partial charge on any atom is 0.303 e. The minimum Gasteiger partial charge on any atom is -0.481 e. The standard InChI is InChI=1S/C10H17N3O2/c1-2-7-13-8-11-12-9(13)5-3-4-6-10(14)15/h8H,2-7H2,1H3,(H,14,15). The number of aliphatic carboxylic acids is 1. The van der Waals surface area contributed by atoms with Crippen LogP contribution in [0, 0.1) is 0 Å². The van der Waals surface area contributed by atoms with Gasteiger partial charge >= 0.3 is 5.97 Å². The van der Waals surface area contributed by atoms with Gasteiger partial charge in [0.2, 0.25) is 0 Å². The predicted octanol–water partition coefficient (Wildman–Crippen LogP) is 1.49. The second-order valence-corrected chi connectivity index (χ2v) is 3.54. The minimum atomic E-state index is -0.731. The van der Waals surface area contributed by atoms with Crippen LogP contribution in [0.3, 0.4) is 0 Å². The zero-order valence-electron chi connectivity index (χ0n) is 9.02. The largest absolute Gasteiger partial charge is 0.481 e. The molecule has 5 nitrogen and oxygen atoms in total. The second-order valence-electron chi connectivity index (χ2n) is 3.54. The molecule has 1 heterocycles. The lowest BCUT2D eigenvalue weighted by Gasteiger charge is -2.03. The number of aryl methyl sites for hydroxylation is 2. The van der Waals surface area contributed by atoms with Crippen LogP contribution in [-0.4, -0.2) is 25.8 Å². The average molecular weight is 211 g/mol. The van der Waals surface area contributed by atoms with Gasteiger partial charge in [0.1, 0.15) is 12.2 Å². The quantitative estimate of drug-likeness (QED) is 0.694. The molecule has 0 radical (unpaired) electrons. The van der Waals surface area contributed by atoms with Crippen LogP contribution in [0.2, 0.25) is 0 Å². The molecule has 0 aliphatic carbocycles. The van der Waals surface area contributed by atoms with Gasteiger partial charge < -0.3 is 9.67 Å². The van der Waals surface area contributed by atoms with E-state index in [4.69, 9.17) is 5.11 Å². The molecular formula is C10H17N3O2. The topological polar surface area (TPSA) is 68.0 Å². The molecule has 0 bridgehead atoms. The molecule has 1 rings (SSSR count). The number of carbonyl (C=O) groups is 1. The Morgan fingerprint density at radius 2 is 2.33 bits per heavy atom. The molecule has 1 aromatic rings. The molecule has 0 fully saturated rings. The molecule has 0 spiro atoms. The Hall–Kier alpha value is -1.39. The van der Waals surface area contributed by atoms with E-state index in [1.807, 2.05) is 4.57 Å². The molecule has 0 amide bonds. The van der Waals surface area contributed by atoms with E-state index in [-0.39, 0.29) is 6.42 Å². The van der Waals surface area contributed by atoms with Crippen LogP contribution in [0.15, 0.2) is 6.33 Å². The van der Waals surface area contributed by atoms with Crippen molar-refractivity contribution in [3.8, 4) is 0 Å². The minimum absolute atomic E-state index is 0.238. The number of carboxylic acid groups (broad SMARTS) is 1. The Kier molecular flexibility index (Phi) is 4.80. The van der Waals surface area contributed by atoms with Crippen molar-refractivity contribution in [1.82, 2.24) is 14.8 Å². The Morgan fingerprint density at radius 3 is 3.00 bits per heavy atom. The van der Waals surface area contributed by atoms with E-state index in [0.717, 1.165) is 31.6 Å². The third kappa shape index (κ3) is 4.10. The zero-order chi connectivity index (χ0) is 11.1. The smallest absolute Gasteiger partial charge is 0.303 e. The average Bonchev–Trinajstić information content (AvgIpc) is 2.61. The normalized spacial score (nSPS) is 10.5. The van der Waals surface area contributed by atoms with Gasteiger partial charge in [-0.15, -0.1) is 10.2 Å². The van der Waals surface area contributed by atoms with Crippen LogP contribution in [0.4, 0.5) is 0 Å². The van der Waals surface area contributed by atoms with E-state index in [2.05, 4.69) is 17.1 Å². The molecule has 1 aromatic heterocycles. The van der Waals surface area contributed by atoms with Crippen LogP contribution >= 0.6 is 0 Å². The van der Waals surface area contributed by atoms with Crippen molar-refractivity contribution in [2.75, 3.05) is 0 Å². The Balaban J connectivity index is 2.30. The van der Waals surface area contributed by atoms with Crippen LogP contribution < -0.4 is 0 Å². The van der Waals surface area contributed by atoms with Gasteiger partial charge in [0, 0.05) is 19.4 Å². The summed E-state index contributed by atoms with van der Waals surface area (Å²) in [6, 6.07) is 0. The lowest BCUT2D eigenvalue weighted by molar-refractivity contribution is -0.137. The number of unbranched alkanes of at least 4 members (excludes halogenated alkanes) is 1. The highest BCUT2D eigenvalue weighted by atomic mass is 16.4. The molecular weight excluding hydrogens is 194 g/mol. The fourth-order valence-electron chi connectivity index (χ4n) is 1.46. The first kappa shape index (κ1) is 11.7. The van der Waals surface area contributed by atoms with Gasteiger partial charge in [-0.25, -0.2) is 0 Å². The number of hydrogen-bond acceptors (Lipinski definition) is 3. The van der Waals surface area contributed by atoms with E-state index < -0.39 is 5.97 Å². The van der Waals surface area contributed by atoms with Crippen molar-refractivity contribution < 1.29 is 9.90 Å². The van der Waals surface area contributed by atoms with Crippen molar-refractivity contribution in [3.05, 3.63) is 12.2 Å². The summed E-state index contributed by atoms with van der Waals surface area (Å²) in [6.45, 7) is 3.04. The third-order valence-corrected chi connectivity index (χ3v) is 2.20. The maximum atomic E-state index is 10.3. The Bertz CT molecular complexity index is 309. The third-order valence-electron chi connectivity index (χ3n) is 2.20. The van der Waals surface area contributed by atoms with Crippen LogP contribution in [0.25, 0.3) is 0 Å². The van der Waals surface area contributed by atoms with Gasteiger partial charge in [-0.2, -0.15) is 0 Å². The number of carboxylic acids is 1. The summed E-state index contributed by atoms with van der Waals surface area (Å²) in [6.07, 6.45) is 5.40. The second kappa shape index (κ2) is 6.16. The molecule has 84 valence electrons. The summed E-state index contributed by atoms with van der Waals surface area (Å²) >= 11 is 0. The molecule has 1 N–H and O–H groups in total. The van der Waals surface area contributed by atoms with Crippen molar-refractivity contribution in [1.29, 1.82) is 0 Å². The molecule has 0 aliphatic rings. The lowest BCUT2D eigenvalue weighted by atomic mass is 10.2. The van der Waals surface area contributed by atoms with E-state index in [0.29, 0.717) is 6.42 Å². The van der Waals surface area contributed by atoms with E-state index in [1.54, 1.807) is 6.33 Å². The highest BCUT2D eigenvalue weighted by molar-refractivity contribution is 5.66. The van der Waals surface area contributed by atoms with Crippen molar-refractivity contribution in [2.24, 2.45) is 0 Å². The highest BCUT2D eigenvalue weighted by Gasteiger charge is 2.03. The van der Waals surface area contributed by atoms with Crippen molar-refractivity contribution in [3.63, 3.8) is 0 Å².